The standard InChI is InChI=1S/C25H31N3O3/c1-15-11-22(16(2)17(3)24(15)31-18(4)29)27-25(30)23-13-19-7-8-21(12-20(19)14-26-23)28-9-5-6-10-28/h7-8,11-12,23,26H,5-6,9-10,13-14H2,1-4H3,(H,27,30)/t23-/m0/s1. The molecule has 164 valence electrons. The molecule has 6 nitrogen and oxygen atoms in total. The van der Waals surface area contributed by atoms with Gasteiger partial charge in [-0.1, -0.05) is 6.07 Å². The smallest absolute Gasteiger partial charge is 0.308 e. The molecule has 2 aromatic carbocycles. The van der Waals surface area contributed by atoms with E-state index in [1.165, 1.54) is 36.6 Å². The highest BCUT2D eigenvalue weighted by atomic mass is 16.5. The van der Waals surface area contributed by atoms with E-state index >= 15 is 0 Å². The summed E-state index contributed by atoms with van der Waals surface area (Å²) in [6.07, 6.45) is 3.19. The predicted molar refractivity (Wildman–Crippen MR) is 123 cm³/mol. The molecular formula is C25H31N3O3. The van der Waals surface area contributed by atoms with E-state index in [2.05, 4.69) is 33.7 Å². The van der Waals surface area contributed by atoms with Crippen LogP contribution in [0.1, 0.15) is 47.6 Å². The van der Waals surface area contributed by atoms with E-state index in [0.717, 1.165) is 35.5 Å². The highest BCUT2D eigenvalue weighted by Crippen LogP contribution is 2.32. The fourth-order valence-electron chi connectivity index (χ4n) is 4.57. The number of nitrogens with one attached hydrogen (secondary N) is 2. The summed E-state index contributed by atoms with van der Waals surface area (Å²) in [5.41, 5.74) is 7.15. The number of carbonyl (C=O) groups is 2. The van der Waals surface area contributed by atoms with Crippen molar-refractivity contribution in [1.82, 2.24) is 5.32 Å². The number of fused-ring (bicyclic) bond motifs is 1. The lowest BCUT2D eigenvalue weighted by molar-refractivity contribution is -0.132. The van der Waals surface area contributed by atoms with E-state index in [-0.39, 0.29) is 17.9 Å². The second-order valence-electron chi connectivity index (χ2n) is 8.69. The molecule has 0 aliphatic carbocycles. The molecule has 1 fully saturated rings. The minimum absolute atomic E-state index is 0.0450. The maximum Gasteiger partial charge on any atom is 0.308 e. The first-order chi connectivity index (χ1) is 14.8. The number of nitrogens with zero attached hydrogens (tertiary/aromatic N) is 1. The Hall–Kier alpha value is -2.86. The average Bonchev–Trinajstić information content (AvgIpc) is 3.29. The lowest BCUT2D eigenvalue weighted by Crippen LogP contribution is -2.44. The predicted octanol–water partition coefficient (Wildman–Crippen LogP) is 3.79. The summed E-state index contributed by atoms with van der Waals surface area (Å²) in [6.45, 7) is 10.1. The van der Waals surface area contributed by atoms with Gasteiger partial charge in [-0.3, -0.25) is 9.59 Å². The van der Waals surface area contributed by atoms with Gasteiger partial charge in [0.15, 0.2) is 0 Å². The number of ether oxygens (including phenoxy) is 1. The number of hydrogen-bond donors (Lipinski definition) is 2. The summed E-state index contributed by atoms with van der Waals surface area (Å²) in [6, 6.07) is 8.23. The molecule has 0 bridgehead atoms. The minimum atomic E-state index is -0.347. The topological polar surface area (TPSA) is 70.7 Å². The van der Waals surface area contributed by atoms with Crippen LogP contribution < -0.4 is 20.3 Å². The van der Waals surface area contributed by atoms with Gasteiger partial charge in [-0.2, -0.15) is 0 Å². The van der Waals surface area contributed by atoms with Crippen LogP contribution in [0.5, 0.6) is 5.75 Å². The molecule has 1 atom stereocenters. The molecular weight excluding hydrogens is 390 g/mol. The first kappa shape index (κ1) is 21.4. The largest absolute Gasteiger partial charge is 0.426 e. The van der Waals surface area contributed by atoms with Crippen LogP contribution >= 0.6 is 0 Å². The molecule has 0 radical (unpaired) electrons. The maximum absolute atomic E-state index is 13.0. The van der Waals surface area contributed by atoms with E-state index in [9.17, 15) is 9.59 Å². The summed E-state index contributed by atoms with van der Waals surface area (Å²) >= 11 is 0. The van der Waals surface area contributed by atoms with Crippen LogP contribution in [0.25, 0.3) is 0 Å². The summed E-state index contributed by atoms with van der Waals surface area (Å²) in [4.78, 5) is 26.9. The third-order valence-electron chi connectivity index (χ3n) is 6.47. The van der Waals surface area contributed by atoms with Gasteiger partial charge in [0.2, 0.25) is 5.91 Å². The summed E-state index contributed by atoms with van der Waals surface area (Å²) < 4.78 is 5.35. The van der Waals surface area contributed by atoms with Gasteiger partial charge in [0.1, 0.15) is 5.75 Å². The fraction of sp³-hybridized carbons (Fsp3) is 0.440. The van der Waals surface area contributed by atoms with Crippen LogP contribution in [0.15, 0.2) is 24.3 Å². The van der Waals surface area contributed by atoms with Crippen molar-refractivity contribution in [3.05, 3.63) is 52.1 Å². The van der Waals surface area contributed by atoms with Gasteiger partial charge >= 0.3 is 5.97 Å². The molecule has 2 aromatic rings. The van der Waals surface area contributed by atoms with Gasteiger partial charge in [-0.25, -0.2) is 0 Å². The zero-order chi connectivity index (χ0) is 22.1. The molecule has 2 heterocycles. The third-order valence-corrected chi connectivity index (χ3v) is 6.47. The van der Waals surface area contributed by atoms with Crippen molar-refractivity contribution >= 4 is 23.3 Å². The lowest BCUT2D eigenvalue weighted by Gasteiger charge is -2.28. The highest BCUT2D eigenvalue weighted by Gasteiger charge is 2.26. The van der Waals surface area contributed by atoms with E-state index in [1.54, 1.807) is 0 Å². The second kappa shape index (κ2) is 8.71. The molecule has 1 amide bonds. The van der Waals surface area contributed by atoms with Crippen molar-refractivity contribution in [2.45, 2.75) is 59.5 Å². The molecule has 0 aromatic heterocycles. The molecule has 2 aliphatic heterocycles. The fourth-order valence-corrected chi connectivity index (χ4v) is 4.57. The number of rotatable bonds is 4. The minimum Gasteiger partial charge on any atom is -0.426 e. The van der Waals surface area contributed by atoms with Gasteiger partial charge in [-0.15, -0.1) is 0 Å². The number of esters is 1. The van der Waals surface area contributed by atoms with Gasteiger partial charge in [0.05, 0.1) is 6.04 Å². The van der Waals surface area contributed by atoms with Crippen LogP contribution in [0.3, 0.4) is 0 Å². The second-order valence-corrected chi connectivity index (χ2v) is 8.69. The molecule has 2 aliphatic rings. The van der Waals surface area contributed by atoms with Crippen LogP contribution in [-0.2, 0) is 22.6 Å². The summed E-state index contributed by atoms with van der Waals surface area (Å²) in [5, 5.41) is 6.48. The van der Waals surface area contributed by atoms with Crippen molar-refractivity contribution in [3.63, 3.8) is 0 Å². The van der Waals surface area contributed by atoms with Gasteiger partial charge in [0.25, 0.3) is 0 Å². The van der Waals surface area contributed by atoms with E-state index in [1.807, 2.05) is 26.8 Å². The normalized spacial score (nSPS) is 17.9. The number of amides is 1. The highest BCUT2D eigenvalue weighted by molar-refractivity contribution is 5.96. The Kier molecular flexibility index (Phi) is 6.01. The Morgan fingerprint density at radius 1 is 1.06 bits per heavy atom. The van der Waals surface area contributed by atoms with Crippen molar-refractivity contribution < 1.29 is 14.3 Å². The number of hydrogen-bond acceptors (Lipinski definition) is 5. The van der Waals surface area contributed by atoms with Crippen molar-refractivity contribution in [2.24, 2.45) is 0 Å². The number of benzene rings is 2. The summed E-state index contributed by atoms with van der Waals surface area (Å²) in [7, 11) is 0. The van der Waals surface area contributed by atoms with E-state index in [0.29, 0.717) is 18.7 Å². The summed E-state index contributed by atoms with van der Waals surface area (Å²) in [5.74, 6) is 0.179. The number of anilines is 2. The molecule has 0 saturated carbocycles. The third kappa shape index (κ3) is 4.44. The monoisotopic (exact) mass is 421 g/mol. The SMILES string of the molecule is CC(=O)Oc1c(C)cc(NC(=O)[C@@H]2Cc3ccc(N4CCCC4)cc3CN2)c(C)c1C. The first-order valence-electron chi connectivity index (χ1n) is 11.0. The van der Waals surface area contributed by atoms with Gasteiger partial charge in [-0.05, 0) is 86.1 Å². The zero-order valence-corrected chi connectivity index (χ0v) is 18.8. The van der Waals surface area contributed by atoms with Gasteiger partial charge < -0.3 is 20.3 Å². The lowest BCUT2D eigenvalue weighted by atomic mass is 9.94. The Labute approximate surface area is 184 Å². The van der Waals surface area contributed by atoms with Crippen LogP contribution in [-0.4, -0.2) is 31.0 Å². The van der Waals surface area contributed by atoms with E-state index in [4.69, 9.17) is 4.74 Å². The molecule has 0 spiro atoms. The van der Waals surface area contributed by atoms with Crippen molar-refractivity contribution in [3.8, 4) is 5.75 Å². The van der Waals surface area contributed by atoms with Crippen molar-refractivity contribution in [1.29, 1.82) is 0 Å². The van der Waals surface area contributed by atoms with Crippen LogP contribution in [0, 0.1) is 20.8 Å². The number of aryl methyl sites for hydroxylation is 1. The quantitative estimate of drug-likeness (QED) is 0.581. The molecule has 0 unspecified atom stereocenters. The van der Waals surface area contributed by atoms with Crippen LogP contribution in [0.4, 0.5) is 11.4 Å². The maximum atomic E-state index is 13.0. The Balaban J connectivity index is 1.47. The zero-order valence-electron chi connectivity index (χ0n) is 18.8. The molecule has 2 N–H and O–H groups in total. The molecule has 6 heteroatoms. The van der Waals surface area contributed by atoms with Gasteiger partial charge in [0, 0.05) is 37.9 Å². The van der Waals surface area contributed by atoms with Crippen molar-refractivity contribution in [2.75, 3.05) is 23.3 Å². The Morgan fingerprint density at radius 3 is 2.52 bits per heavy atom. The molecule has 31 heavy (non-hydrogen) atoms. The molecule has 1 saturated heterocycles. The average molecular weight is 422 g/mol. The van der Waals surface area contributed by atoms with E-state index < -0.39 is 0 Å². The first-order valence-corrected chi connectivity index (χ1v) is 11.0. The molecule has 4 rings (SSSR count). The Bertz CT molecular complexity index is 1030. The Morgan fingerprint density at radius 2 is 1.81 bits per heavy atom. The number of carbonyl (C=O) groups excluding carboxylic acids is 2. The van der Waals surface area contributed by atoms with Crippen LogP contribution in [0.2, 0.25) is 0 Å².